The molecule has 1 aromatic heterocycles. The summed E-state index contributed by atoms with van der Waals surface area (Å²) in [5, 5.41) is 13.3. The third kappa shape index (κ3) is 5.33. The maximum atomic E-state index is 10.1. The molecular weight excluding hydrogens is 278 g/mol. The first-order valence-corrected chi connectivity index (χ1v) is 8.78. The molecule has 3 heteroatoms. The summed E-state index contributed by atoms with van der Waals surface area (Å²) in [5.74, 6) is 0.712. The molecule has 1 unspecified atom stereocenters. The second-order valence-electron chi connectivity index (χ2n) is 5.58. The van der Waals surface area contributed by atoms with Crippen LogP contribution in [0.4, 0.5) is 0 Å². The van der Waals surface area contributed by atoms with Crippen molar-refractivity contribution in [2.24, 2.45) is 11.8 Å². The lowest BCUT2D eigenvalue weighted by atomic mass is 9.86. The van der Waals surface area contributed by atoms with Crippen molar-refractivity contribution in [3.63, 3.8) is 0 Å². The van der Waals surface area contributed by atoms with Gasteiger partial charge in [-0.2, -0.15) is 0 Å². The lowest BCUT2D eigenvalue weighted by molar-refractivity contribution is 0.120. The van der Waals surface area contributed by atoms with Gasteiger partial charge in [0.1, 0.15) is 5.03 Å². The summed E-state index contributed by atoms with van der Waals surface area (Å²) in [7, 11) is 0. The van der Waals surface area contributed by atoms with Crippen LogP contribution in [0.3, 0.4) is 0 Å². The molecule has 1 aliphatic rings. The normalized spacial score (nSPS) is 23.0. The van der Waals surface area contributed by atoms with E-state index >= 15 is 0 Å². The summed E-state index contributed by atoms with van der Waals surface area (Å²) in [6.45, 7) is 2.23. The minimum absolute atomic E-state index is 0.207. The van der Waals surface area contributed by atoms with Gasteiger partial charge < -0.3 is 5.11 Å². The molecule has 3 atom stereocenters. The van der Waals surface area contributed by atoms with Crippen LogP contribution < -0.4 is 0 Å². The van der Waals surface area contributed by atoms with E-state index in [-0.39, 0.29) is 12.0 Å². The van der Waals surface area contributed by atoms with E-state index in [1.807, 2.05) is 24.4 Å². The second-order valence-corrected chi connectivity index (χ2v) is 6.51. The van der Waals surface area contributed by atoms with Crippen LogP contribution in [-0.4, -0.2) is 16.2 Å². The van der Waals surface area contributed by atoms with Gasteiger partial charge in [-0.25, -0.2) is 4.98 Å². The average molecular weight is 303 g/mol. The van der Waals surface area contributed by atoms with Gasteiger partial charge in [-0.15, -0.1) is 0 Å². The fourth-order valence-electron chi connectivity index (χ4n) is 2.76. The molecule has 0 saturated carbocycles. The third-order valence-corrected chi connectivity index (χ3v) is 4.74. The van der Waals surface area contributed by atoms with Gasteiger partial charge in [-0.05, 0) is 36.3 Å². The van der Waals surface area contributed by atoms with Crippen molar-refractivity contribution in [2.75, 3.05) is 0 Å². The second kappa shape index (κ2) is 9.06. The minimum Gasteiger partial charge on any atom is -0.392 e. The first-order chi connectivity index (χ1) is 10.3. The Morgan fingerprint density at radius 3 is 3.00 bits per heavy atom. The summed E-state index contributed by atoms with van der Waals surface area (Å²) in [4.78, 5) is 4.31. The molecule has 21 heavy (non-hydrogen) atoms. The number of aromatic nitrogens is 1. The van der Waals surface area contributed by atoms with Crippen LogP contribution in [0.25, 0.3) is 0 Å². The largest absolute Gasteiger partial charge is 0.392 e. The number of pyridine rings is 1. The Morgan fingerprint density at radius 2 is 2.33 bits per heavy atom. The lowest BCUT2D eigenvalue weighted by Gasteiger charge is -2.22. The highest BCUT2D eigenvalue weighted by atomic mass is 32.2. The van der Waals surface area contributed by atoms with Gasteiger partial charge in [0.15, 0.2) is 0 Å². The predicted molar refractivity (Wildman–Crippen MR) is 90.1 cm³/mol. The van der Waals surface area contributed by atoms with Crippen LogP contribution in [0.15, 0.2) is 53.1 Å². The number of rotatable bonds is 8. The van der Waals surface area contributed by atoms with Crippen LogP contribution in [-0.2, 0) is 0 Å². The number of nitrogens with zero attached hydrogens (tertiary/aromatic N) is 1. The third-order valence-electron chi connectivity index (χ3n) is 3.97. The van der Waals surface area contributed by atoms with Crippen molar-refractivity contribution in [3.05, 3.63) is 48.0 Å². The number of unbranched alkanes of at least 4 members (excludes halogenated alkanes) is 2. The molecule has 0 bridgehead atoms. The van der Waals surface area contributed by atoms with E-state index in [0.717, 1.165) is 17.9 Å². The Bertz CT molecular complexity index is 458. The highest BCUT2D eigenvalue weighted by molar-refractivity contribution is 8.02. The van der Waals surface area contributed by atoms with Gasteiger partial charge in [0, 0.05) is 12.1 Å². The molecule has 1 aromatic rings. The zero-order valence-corrected chi connectivity index (χ0v) is 13.5. The maximum Gasteiger partial charge on any atom is 0.100 e. The molecule has 0 radical (unpaired) electrons. The summed E-state index contributed by atoms with van der Waals surface area (Å²) in [5.41, 5.74) is 0. The van der Waals surface area contributed by atoms with Crippen LogP contribution in [0.2, 0.25) is 0 Å². The quantitative estimate of drug-likeness (QED) is 0.424. The van der Waals surface area contributed by atoms with Crippen LogP contribution in [0.1, 0.15) is 39.0 Å². The zero-order valence-electron chi connectivity index (χ0n) is 12.7. The molecule has 2 rings (SSSR count). The first kappa shape index (κ1) is 16.3. The number of aliphatic hydroxyl groups is 1. The van der Waals surface area contributed by atoms with Crippen LogP contribution in [0, 0.1) is 11.8 Å². The molecule has 0 aromatic carbocycles. The summed E-state index contributed by atoms with van der Waals surface area (Å²) in [6.07, 6.45) is 13.9. The fraction of sp³-hybridized carbons (Fsp3) is 0.500. The van der Waals surface area contributed by atoms with Crippen molar-refractivity contribution >= 4 is 11.8 Å². The SMILES string of the molecule is CCCCCC(/C=C\Sc1ccccn1)[C@@H]1C=CC[C@H]1O. The number of hydrogen-bond donors (Lipinski definition) is 1. The highest BCUT2D eigenvalue weighted by Gasteiger charge is 2.26. The Kier molecular flexibility index (Phi) is 7.04. The van der Waals surface area contributed by atoms with Gasteiger partial charge in [0.2, 0.25) is 0 Å². The van der Waals surface area contributed by atoms with E-state index in [1.165, 1.54) is 19.3 Å². The summed E-state index contributed by atoms with van der Waals surface area (Å²) >= 11 is 1.65. The van der Waals surface area contributed by atoms with Crippen molar-refractivity contribution in [1.82, 2.24) is 4.98 Å². The zero-order chi connectivity index (χ0) is 14.9. The van der Waals surface area contributed by atoms with E-state index in [0.29, 0.717) is 5.92 Å². The van der Waals surface area contributed by atoms with Crippen molar-refractivity contribution in [2.45, 2.75) is 50.2 Å². The molecule has 2 nitrogen and oxygen atoms in total. The van der Waals surface area contributed by atoms with E-state index in [2.05, 4.69) is 35.5 Å². The molecule has 0 amide bonds. The van der Waals surface area contributed by atoms with Gasteiger partial charge in [0.25, 0.3) is 0 Å². The number of hydrogen-bond acceptors (Lipinski definition) is 3. The number of aliphatic hydroxyl groups excluding tert-OH is 1. The predicted octanol–water partition coefficient (Wildman–Crippen LogP) is 4.82. The number of thioether (sulfide) groups is 1. The molecule has 0 saturated heterocycles. The van der Waals surface area contributed by atoms with E-state index in [1.54, 1.807) is 11.8 Å². The fourth-order valence-corrected chi connectivity index (χ4v) is 3.46. The van der Waals surface area contributed by atoms with E-state index < -0.39 is 0 Å². The van der Waals surface area contributed by atoms with Gasteiger partial charge in [-0.1, -0.05) is 62.2 Å². The summed E-state index contributed by atoms with van der Waals surface area (Å²) in [6, 6.07) is 5.96. The smallest absolute Gasteiger partial charge is 0.100 e. The van der Waals surface area contributed by atoms with Crippen molar-refractivity contribution in [1.29, 1.82) is 0 Å². The van der Waals surface area contributed by atoms with E-state index in [4.69, 9.17) is 0 Å². The first-order valence-electron chi connectivity index (χ1n) is 7.90. The van der Waals surface area contributed by atoms with Gasteiger partial charge in [0.05, 0.1) is 6.10 Å². The van der Waals surface area contributed by atoms with Crippen molar-refractivity contribution < 1.29 is 5.11 Å². The molecule has 1 heterocycles. The Labute approximate surface area is 132 Å². The summed E-state index contributed by atoms with van der Waals surface area (Å²) < 4.78 is 0. The molecule has 114 valence electrons. The van der Waals surface area contributed by atoms with Gasteiger partial charge >= 0.3 is 0 Å². The van der Waals surface area contributed by atoms with Crippen LogP contribution >= 0.6 is 11.8 Å². The number of allylic oxidation sites excluding steroid dienone is 1. The highest BCUT2D eigenvalue weighted by Crippen LogP contribution is 2.31. The maximum absolute atomic E-state index is 10.1. The Morgan fingerprint density at radius 1 is 1.43 bits per heavy atom. The van der Waals surface area contributed by atoms with Crippen LogP contribution in [0.5, 0.6) is 0 Å². The molecule has 1 aliphatic carbocycles. The average Bonchev–Trinajstić information content (AvgIpc) is 2.93. The molecule has 1 N–H and O–H groups in total. The molecule has 0 fully saturated rings. The Balaban J connectivity index is 1.92. The minimum atomic E-state index is -0.207. The molecule has 0 aliphatic heterocycles. The van der Waals surface area contributed by atoms with Crippen molar-refractivity contribution in [3.8, 4) is 0 Å². The standard InChI is InChI=1S/C18H25NOS/c1-2-3-4-8-15(16-9-7-10-17(16)20)12-14-21-18-11-5-6-13-19-18/h5-7,9,11-17,20H,2-4,8,10H2,1H3/b14-12-/t15?,16-,17+/m0/s1. The Hall–Kier alpha value is -1.06. The van der Waals surface area contributed by atoms with E-state index in [9.17, 15) is 5.11 Å². The molecular formula is C18H25NOS. The molecule has 0 spiro atoms. The van der Waals surface area contributed by atoms with Gasteiger partial charge in [-0.3, -0.25) is 0 Å². The lowest BCUT2D eigenvalue weighted by Crippen LogP contribution is -2.21. The topological polar surface area (TPSA) is 33.1 Å². The monoisotopic (exact) mass is 303 g/mol.